The molecular weight excluding hydrogens is 366 g/mol. The third kappa shape index (κ3) is 4.69. The first kappa shape index (κ1) is 20.5. The van der Waals surface area contributed by atoms with Crippen molar-refractivity contribution in [1.82, 2.24) is 5.32 Å². The Labute approximate surface area is 174 Å². The van der Waals surface area contributed by atoms with E-state index in [0.717, 1.165) is 50.6 Å². The highest BCUT2D eigenvalue weighted by atomic mass is 16.7. The number of amides is 1. The van der Waals surface area contributed by atoms with Crippen LogP contribution in [0.2, 0.25) is 0 Å². The summed E-state index contributed by atoms with van der Waals surface area (Å²) in [6.45, 7) is 12.3. The van der Waals surface area contributed by atoms with Crippen LogP contribution in [0.25, 0.3) is 0 Å². The molecule has 6 heteroatoms. The highest BCUT2D eigenvalue weighted by molar-refractivity contribution is 5.80. The van der Waals surface area contributed by atoms with Crippen LogP contribution in [0.1, 0.15) is 45.6 Å². The number of hydrogen-bond acceptors (Lipinski definition) is 3. The fraction of sp³-hybridized carbons (Fsp3) is 0.696. The fourth-order valence-corrected chi connectivity index (χ4v) is 5.15. The lowest BCUT2D eigenvalue weighted by Gasteiger charge is -2.37. The van der Waals surface area contributed by atoms with E-state index in [1.165, 1.54) is 23.3 Å². The van der Waals surface area contributed by atoms with E-state index in [4.69, 9.17) is 9.47 Å². The van der Waals surface area contributed by atoms with E-state index in [1.807, 2.05) is 6.07 Å². The monoisotopic (exact) mass is 403 g/mol. The SMILES string of the molecule is C[C@H]1[C@@H](NC(=O)[C@@H](C)[NH+]2CC[NH+](Cc3ccc4c(c3)OCO4)CC2)CCC[C@@H]1C. The van der Waals surface area contributed by atoms with Gasteiger partial charge in [-0.2, -0.15) is 0 Å². The molecule has 3 N–H and O–H groups in total. The number of carbonyl (C=O) groups is 1. The van der Waals surface area contributed by atoms with Crippen LogP contribution < -0.4 is 24.6 Å². The Morgan fingerprint density at radius 2 is 1.90 bits per heavy atom. The van der Waals surface area contributed by atoms with Gasteiger partial charge in [0.15, 0.2) is 17.5 Å². The van der Waals surface area contributed by atoms with Crippen molar-refractivity contribution in [3.8, 4) is 11.5 Å². The summed E-state index contributed by atoms with van der Waals surface area (Å²) < 4.78 is 10.9. The summed E-state index contributed by atoms with van der Waals surface area (Å²) in [5, 5.41) is 3.38. The van der Waals surface area contributed by atoms with Crippen LogP contribution in [-0.4, -0.2) is 51.0 Å². The van der Waals surface area contributed by atoms with E-state index in [1.54, 1.807) is 4.90 Å². The number of rotatable bonds is 5. The van der Waals surface area contributed by atoms with E-state index in [2.05, 4.69) is 38.2 Å². The molecule has 0 aromatic heterocycles. The molecule has 1 aromatic rings. The van der Waals surface area contributed by atoms with Crippen LogP contribution in [0.3, 0.4) is 0 Å². The molecule has 1 aromatic carbocycles. The van der Waals surface area contributed by atoms with Gasteiger partial charge in [0.1, 0.15) is 32.7 Å². The zero-order chi connectivity index (χ0) is 20.4. The topological polar surface area (TPSA) is 56.4 Å². The lowest BCUT2D eigenvalue weighted by Crippen LogP contribution is -3.29. The third-order valence-corrected chi connectivity index (χ3v) is 7.53. The van der Waals surface area contributed by atoms with Gasteiger partial charge in [-0.1, -0.05) is 26.7 Å². The van der Waals surface area contributed by atoms with Crippen molar-refractivity contribution < 1.29 is 24.1 Å². The maximum Gasteiger partial charge on any atom is 0.278 e. The normalized spacial score (nSPS) is 32.6. The first-order valence-electron chi connectivity index (χ1n) is 11.4. The molecule has 1 aliphatic carbocycles. The number of benzene rings is 1. The number of carbonyl (C=O) groups excluding carboxylic acids is 1. The average molecular weight is 404 g/mol. The van der Waals surface area contributed by atoms with Crippen LogP contribution >= 0.6 is 0 Å². The van der Waals surface area contributed by atoms with Gasteiger partial charge in [0.05, 0.1) is 0 Å². The van der Waals surface area contributed by atoms with Gasteiger partial charge in [-0.05, 0) is 43.4 Å². The van der Waals surface area contributed by atoms with Gasteiger partial charge in [0.25, 0.3) is 5.91 Å². The van der Waals surface area contributed by atoms with E-state index < -0.39 is 0 Å². The molecule has 3 aliphatic rings. The molecule has 1 amide bonds. The number of piperazine rings is 1. The summed E-state index contributed by atoms with van der Waals surface area (Å²) >= 11 is 0. The quantitative estimate of drug-likeness (QED) is 0.650. The molecule has 29 heavy (non-hydrogen) atoms. The largest absolute Gasteiger partial charge is 0.454 e. The Balaban J connectivity index is 1.25. The predicted octanol–water partition coefficient (Wildman–Crippen LogP) is 0.0281. The van der Waals surface area contributed by atoms with Crippen LogP contribution in [0.15, 0.2) is 18.2 Å². The van der Waals surface area contributed by atoms with Crippen molar-refractivity contribution >= 4 is 5.91 Å². The zero-order valence-corrected chi connectivity index (χ0v) is 18.1. The van der Waals surface area contributed by atoms with Gasteiger partial charge in [-0.15, -0.1) is 0 Å². The standard InChI is InChI=1S/C23H35N3O3/c1-16-5-4-6-20(17(16)2)24-23(27)18(3)26-11-9-25(10-12-26)14-19-7-8-21-22(13-19)29-15-28-21/h7-8,13,16-18,20H,4-6,9-12,14-15H2,1-3H3,(H,24,27)/p+2/t16-,17+,18+,20-/m0/s1. The predicted molar refractivity (Wildman–Crippen MR) is 111 cm³/mol. The molecule has 2 heterocycles. The molecule has 4 rings (SSSR count). The van der Waals surface area contributed by atoms with Crippen molar-refractivity contribution in [2.45, 2.75) is 58.7 Å². The Morgan fingerprint density at radius 1 is 1.14 bits per heavy atom. The zero-order valence-electron chi connectivity index (χ0n) is 18.1. The van der Waals surface area contributed by atoms with Crippen molar-refractivity contribution in [1.29, 1.82) is 0 Å². The van der Waals surface area contributed by atoms with Gasteiger partial charge in [-0.3, -0.25) is 4.79 Å². The Bertz CT molecular complexity index is 717. The number of hydrogen-bond donors (Lipinski definition) is 3. The maximum atomic E-state index is 12.9. The lowest BCUT2D eigenvalue weighted by molar-refractivity contribution is -1.02. The molecule has 0 spiro atoms. The molecule has 2 aliphatic heterocycles. The minimum absolute atomic E-state index is 0.0338. The first-order chi connectivity index (χ1) is 14.0. The van der Waals surface area contributed by atoms with Crippen molar-refractivity contribution in [3.63, 3.8) is 0 Å². The summed E-state index contributed by atoms with van der Waals surface area (Å²) in [5.74, 6) is 3.24. The van der Waals surface area contributed by atoms with Crippen LogP contribution in [-0.2, 0) is 11.3 Å². The second-order valence-electron chi connectivity index (χ2n) is 9.38. The van der Waals surface area contributed by atoms with Gasteiger partial charge < -0.3 is 24.6 Å². The van der Waals surface area contributed by atoms with Crippen LogP contribution in [0.5, 0.6) is 11.5 Å². The molecule has 0 bridgehead atoms. The molecule has 160 valence electrons. The van der Waals surface area contributed by atoms with E-state index in [-0.39, 0.29) is 11.9 Å². The first-order valence-corrected chi connectivity index (χ1v) is 11.4. The minimum Gasteiger partial charge on any atom is -0.454 e. The van der Waals surface area contributed by atoms with Crippen molar-refractivity contribution in [2.24, 2.45) is 11.8 Å². The highest BCUT2D eigenvalue weighted by Crippen LogP contribution is 2.32. The molecule has 6 nitrogen and oxygen atoms in total. The van der Waals surface area contributed by atoms with Gasteiger partial charge in [0.2, 0.25) is 6.79 Å². The van der Waals surface area contributed by atoms with Crippen molar-refractivity contribution in [3.05, 3.63) is 23.8 Å². The second-order valence-corrected chi connectivity index (χ2v) is 9.38. The summed E-state index contributed by atoms with van der Waals surface area (Å²) in [5.41, 5.74) is 1.29. The average Bonchev–Trinajstić information content (AvgIpc) is 3.19. The number of quaternary nitrogens is 2. The summed E-state index contributed by atoms with van der Waals surface area (Å²) in [6.07, 6.45) is 3.66. The Hall–Kier alpha value is -1.79. The van der Waals surface area contributed by atoms with Crippen molar-refractivity contribution in [2.75, 3.05) is 33.0 Å². The molecular formula is C23H37N3O3+2. The third-order valence-electron chi connectivity index (χ3n) is 7.53. The number of ether oxygens (including phenoxy) is 2. The molecule has 2 fully saturated rings. The second kappa shape index (κ2) is 8.92. The van der Waals surface area contributed by atoms with E-state index in [0.29, 0.717) is 24.7 Å². The molecule has 1 saturated heterocycles. The summed E-state index contributed by atoms with van der Waals surface area (Å²) in [6, 6.07) is 6.65. The number of fused-ring (bicyclic) bond motifs is 1. The van der Waals surface area contributed by atoms with Gasteiger partial charge in [0, 0.05) is 11.6 Å². The van der Waals surface area contributed by atoms with E-state index in [9.17, 15) is 4.79 Å². The smallest absolute Gasteiger partial charge is 0.278 e. The van der Waals surface area contributed by atoms with Crippen LogP contribution in [0, 0.1) is 11.8 Å². The molecule has 4 atom stereocenters. The Morgan fingerprint density at radius 3 is 2.69 bits per heavy atom. The molecule has 0 unspecified atom stereocenters. The Kier molecular flexibility index (Phi) is 6.30. The highest BCUT2D eigenvalue weighted by Gasteiger charge is 2.34. The summed E-state index contributed by atoms with van der Waals surface area (Å²) in [7, 11) is 0. The van der Waals surface area contributed by atoms with Gasteiger partial charge >= 0.3 is 0 Å². The fourth-order valence-electron chi connectivity index (χ4n) is 5.15. The molecule has 0 radical (unpaired) electrons. The van der Waals surface area contributed by atoms with Crippen LogP contribution in [0.4, 0.5) is 0 Å². The minimum atomic E-state index is 0.0338. The molecule has 1 saturated carbocycles. The van der Waals surface area contributed by atoms with E-state index >= 15 is 0 Å². The maximum absolute atomic E-state index is 12.9. The summed E-state index contributed by atoms with van der Waals surface area (Å²) in [4.78, 5) is 15.9. The van der Waals surface area contributed by atoms with Gasteiger partial charge in [-0.25, -0.2) is 0 Å². The lowest BCUT2D eigenvalue weighted by atomic mass is 9.78. The number of nitrogens with one attached hydrogen (secondary N) is 3.